The van der Waals surface area contributed by atoms with Gasteiger partial charge in [-0.2, -0.15) is 0 Å². The zero-order valence-corrected chi connectivity index (χ0v) is 14.3. The maximum absolute atomic E-state index is 12.4. The van der Waals surface area contributed by atoms with Crippen LogP contribution in [0.5, 0.6) is 0 Å². The lowest BCUT2D eigenvalue weighted by Gasteiger charge is -2.22. The van der Waals surface area contributed by atoms with E-state index in [0.717, 1.165) is 37.9 Å². The highest BCUT2D eigenvalue weighted by molar-refractivity contribution is 5.95. The molecule has 2 rings (SSSR count). The van der Waals surface area contributed by atoms with E-state index in [-0.39, 0.29) is 11.8 Å². The van der Waals surface area contributed by atoms with Crippen LogP contribution in [0.15, 0.2) is 24.5 Å². The van der Waals surface area contributed by atoms with Crippen molar-refractivity contribution < 1.29 is 14.3 Å². The first kappa shape index (κ1) is 18.1. The lowest BCUT2D eigenvalue weighted by molar-refractivity contribution is -0.126. The van der Waals surface area contributed by atoms with Crippen LogP contribution < -0.4 is 5.32 Å². The minimum atomic E-state index is -0.195. The molecular formula is C18H25N3O3. The molecule has 1 fully saturated rings. The van der Waals surface area contributed by atoms with Gasteiger partial charge >= 0.3 is 0 Å². The average molecular weight is 331 g/mol. The molecule has 0 radical (unpaired) electrons. The predicted octanol–water partition coefficient (Wildman–Crippen LogP) is 1.73. The molecule has 2 heterocycles. The minimum absolute atomic E-state index is 0.0108. The maximum atomic E-state index is 12.4. The van der Waals surface area contributed by atoms with Crippen LogP contribution in [0.4, 0.5) is 0 Å². The van der Waals surface area contributed by atoms with Crippen LogP contribution in [0, 0.1) is 5.92 Å². The fourth-order valence-electron chi connectivity index (χ4n) is 2.89. The monoisotopic (exact) mass is 331 g/mol. The molecule has 24 heavy (non-hydrogen) atoms. The van der Waals surface area contributed by atoms with Crippen molar-refractivity contribution in [1.82, 2.24) is 15.2 Å². The van der Waals surface area contributed by atoms with Gasteiger partial charge in [-0.1, -0.05) is 6.42 Å². The second kappa shape index (κ2) is 9.17. The summed E-state index contributed by atoms with van der Waals surface area (Å²) in [6.07, 6.45) is 9.64. The largest absolute Gasteiger partial charge is 0.384 e. The molecule has 1 aliphatic heterocycles. The number of rotatable bonds is 5. The van der Waals surface area contributed by atoms with E-state index >= 15 is 0 Å². The van der Waals surface area contributed by atoms with Crippen LogP contribution in [0.1, 0.15) is 35.2 Å². The van der Waals surface area contributed by atoms with Crippen molar-refractivity contribution in [3.63, 3.8) is 0 Å². The molecular weight excluding hydrogens is 306 g/mol. The van der Waals surface area contributed by atoms with Crippen LogP contribution in [-0.2, 0) is 9.53 Å². The maximum Gasteiger partial charge on any atom is 0.252 e. The van der Waals surface area contributed by atoms with Gasteiger partial charge in [-0.3, -0.25) is 14.6 Å². The van der Waals surface area contributed by atoms with Crippen LogP contribution in [0.2, 0.25) is 0 Å². The van der Waals surface area contributed by atoms with Gasteiger partial charge in [0.15, 0.2) is 0 Å². The van der Waals surface area contributed by atoms with Crippen molar-refractivity contribution in [3.8, 4) is 0 Å². The van der Waals surface area contributed by atoms with Gasteiger partial charge in [0.2, 0.25) is 5.91 Å². The van der Waals surface area contributed by atoms with Gasteiger partial charge in [-0.15, -0.1) is 0 Å². The summed E-state index contributed by atoms with van der Waals surface area (Å²) >= 11 is 0. The standard InChI is InChI=1S/C18H25N3O3/c1-19-18(23)16-9-14(10-20-11-16)6-7-17(22)21-8-4-3-5-15(12-21)13-24-2/h6-7,9-11,15H,3-5,8,12-13H2,1-2H3,(H,19,23)/b7-6+. The summed E-state index contributed by atoms with van der Waals surface area (Å²) in [5.74, 6) is 0.190. The van der Waals surface area contributed by atoms with Gasteiger partial charge < -0.3 is 15.0 Å². The van der Waals surface area contributed by atoms with Crippen molar-refractivity contribution >= 4 is 17.9 Å². The fraction of sp³-hybridized carbons (Fsp3) is 0.500. The Bertz CT molecular complexity index is 601. The fourth-order valence-corrected chi connectivity index (χ4v) is 2.89. The third-order valence-corrected chi connectivity index (χ3v) is 4.15. The molecule has 1 unspecified atom stereocenters. The van der Waals surface area contributed by atoms with Crippen LogP contribution in [0.3, 0.4) is 0 Å². The highest BCUT2D eigenvalue weighted by atomic mass is 16.5. The molecule has 130 valence electrons. The predicted molar refractivity (Wildman–Crippen MR) is 92.5 cm³/mol. The zero-order chi connectivity index (χ0) is 17.4. The third-order valence-electron chi connectivity index (χ3n) is 4.15. The number of amides is 2. The second-order valence-corrected chi connectivity index (χ2v) is 6.02. The van der Waals surface area contributed by atoms with E-state index in [1.165, 1.54) is 6.20 Å². The van der Waals surface area contributed by atoms with Crippen molar-refractivity contribution in [2.45, 2.75) is 19.3 Å². The molecule has 1 aliphatic rings. The minimum Gasteiger partial charge on any atom is -0.384 e. The molecule has 1 aromatic rings. The molecule has 0 spiro atoms. The normalized spacial score (nSPS) is 18.4. The van der Waals surface area contributed by atoms with Crippen LogP contribution in [0.25, 0.3) is 6.08 Å². The van der Waals surface area contributed by atoms with Crippen molar-refractivity contribution in [1.29, 1.82) is 0 Å². The Morgan fingerprint density at radius 2 is 2.25 bits per heavy atom. The first-order chi connectivity index (χ1) is 11.6. The number of nitrogens with zero attached hydrogens (tertiary/aromatic N) is 2. The lowest BCUT2D eigenvalue weighted by atomic mass is 10.0. The summed E-state index contributed by atoms with van der Waals surface area (Å²) in [7, 11) is 3.27. The van der Waals surface area contributed by atoms with E-state index in [9.17, 15) is 9.59 Å². The first-order valence-electron chi connectivity index (χ1n) is 8.27. The summed E-state index contributed by atoms with van der Waals surface area (Å²) in [6.45, 7) is 2.19. The Labute approximate surface area is 142 Å². The molecule has 0 bridgehead atoms. The topological polar surface area (TPSA) is 71.5 Å². The quantitative estimate of drug-likeness (QED) is 0.834. The number of nitrogens with one attached hydrogen (secondary N) is 1. The summed E-state index contributed by atoms with van der Waals surface area (Å²) in [5, 5.41) is 2.56. The Hall–Kier alpha value is -2.21. The second-order valence-electron chi connectivity index (χ2n) is 6.02. The summed E-state index contributed by atoms with van der Waals surface area (Å²) in [5.41, 5.74) is 1.20. The molecule has 1 N–H and O–H groups in total. The number of carbonyl (C=O) groups is 2. The first-order valence-corrected chi connectivity index (χ1v) is 8.27. The highest BCUT2D eigenvalue weighted by Crippen LogP contribution is 2.17. The average Bonchev–Trinajstić information content (AvgIpc) is 2.85. The Morgan fingerprint density at radius 1 is 1.42 bits per heavy atom. The lowest BCUT2D eigenvalue weighted by Crippen LogP contribution is -2.34. The number of pyridine rings is 1. The van der Waals surface area contributed by atoms with Crippen LogP contribution in [-0.4, -0.2) is 55.6 Å². The smallest absolute Gasteiger partial charge is 0.252 e. The van der Waals surface area contributed by atoms with Gasteiger partial charge in [0, 0.05) is 45.7 Å². The van der Waals surface area contributed by atoms with Gasteiger partial charge in [0.05, 0.1) is 12.2 Å². The van der Waals surface area contributed by atoms with E-state index in [1.54, 1.807) is 38.6 Å². The van der Waals surface area contributed by atoms with E-state index in [1.807, 2.05) is 4.90 Å². The molecule has 2 amide bonds. The molecule has 1 aromatic heterocycles. The van der Waals surface area contributed by atoms with E-state index in [4.69, 9.17) is 4.74 Å². The highest BCUT2D eigenvalue weighted by Gasteiger charge is 2.20. The number of aromatic nitrogens is 1. The van der Waals surface area contributed by atoms with Gasteiger partial charge in [-0.25, -0.2) is 0 Å². The van der Waals surface area contributed by atoms with Crippen molar-refractivity contribution in [3.05, 3.63) is 35.7 Å². The molecule has 0 saturated carbocycles. The molecule has 1 atom stereocenters. The van der Waals surface area contributed by atoms with E-state index in [2.05, 4.69) is 10.3 Å². The number of likely N-dealkylation sites (tertiary alicyclic amines) is 1. The number of carbonyl (C=O) groups excluding carboxylic acids is 2. The Balaban J connectivity index is 2.02. The molecule has 6 heteroatoms. The summed E-state index contributed by atoms with van der Waals surface area (Å²) in [6, 6.07) is 1.71. The number of ether oxygens (including phenoxy) is 1. The van der Waals surface area contributed by atoms with Gasteiger partial charge in [0.25, 0.3) is 5.91 Å². The SMILES string of the molecule is CNC(=O)c1cncc(/C=C/C(=O)N2CCCCC(COC)C2)c1. The van der Waals surface area contributed by atoms with Gasteiger partial charge in [-0.05, 0) is 36.5 Å². The van der Waals surface area contributed by atoms with E-state index < -0.39 is 0 Å². The molecule has 1 saturated heterocycles. The van der Waals surface area contributed by atoms with Crippen molar-refractivity contribution in [2.24, 2.45) is 5.92 Å². The Kier molecular flexibility index (Phi) is 6.93. The number of hydrogen-bond acceptors (Lipinski definition) is 4. The third kappa shape index (κ3) is 5.16. The van der Waals surface area contributed by atoms with Gasteiger partial charge in [0.1, 0.15) is 0 Å². The summed E-state index contributed by atoms with van der Waals surface area (Å²) < 4.78 is 5.24. The molecule has 0 aromatic carbocycles. The molecule has 6 nitrogen and oxygen atoms in total. The summed E-state index contributed by atoms with van der Waals surface area (Å²) in [4.78, 5) is 30.0. The number of methoxy groups -OCH3 is 1. The van der Waals surface area contributed by atoms with E-state index in [0.29, 0.717) is 18.1 Å². The Morgan fingerprint density at radius 3 is 3.00 bits per heavy atom. The zero-order valence-electron chi connectivity index (χ0n) is 14.3. The van der Waals surface area contributed by atoms with Crippen molar-refractivity contribution in [2.75, 3.05) is 33.9 Å². The van der Waals surface area contributed by atoms with Crippen LogP contribution >= 0.6 is 0 Å². The molecule has 0 aliphatic carbocycles. The number of hydrogen-bond donors (Lipinski definition) is 1.